The number of hydrogen-bond donors (Lipinski definition) is 2. The van der Waals surface area contributed by atoms with Crippen LogP contribution < -0.4 is 5.73 Å². The van der Waals surface area contributed by atoms with Crippen molar-refractivity contribution in [2.75, 3.05) is 20.2 Å². The van der Waals surface area contributed by atoms with Crippen LogP contribution in [0.4, 0.5) is 0 Å². The zero-order valence-corrected chi connectivity index (χ0v) is 8.76. The Balaban J connectivity index is 0. The summed E-state index contributed by atoms with van der Waals surface area (Å²) in [7, 11) is 1.55. The summed E-state index contributed by atoms with van der Waals surface area (Å²) in [6.07, 6.45) is 0. The van der Waals surface area contributed by atoms with Crippen molar-refractivity contribution in [2.24, 2.45) is 5.73 Å². The molecule has 0 aromatic rings. The van der Waals surface area contributed by atoms with E-state index in [1.165, 1.54) is 4.90 Å². The predicted molar refractivity (Wildman–Crippen MR) is 52.5 cm³/mol. The minimum atomic E-state index is -0.370. The molecule has 0 fully saturated rings. The Bertz CT molecular complexity index is 159. The van der Waals surface area contributed by atoms with Gasteiger partial charge in [0.25, 0.3) is 0 Å². The summed E-state index contributed by atoms with van der Waals surface area (Å²) in [6, 6.07) is 0. The molecule has 0 unspecified atom stereocenters. The Hall–Kier alpha value is -1.26. The molecule has 5 heteroatoms. The van der Waals surface area contributed by atoms with Crippen molar-refractivity contribution in [3.8, 4) is 0 Å². The van der Waals surface area contributed by atoms with E-state index in [9.17, 15) is 4.79 Å². The third-order valence-corrected chi connectivity index (χ3v) is 1.08. The molecule has 0 bridgehead atoms. The van der Waals surface area contributed by atoms with Gasteiger partial charge in [-0.3, -0.25) is 10.2 Å². The molecule has 0 amide bonds. The topological polar surface area (TPSA) is 79.4 Å². The first kappa shape index (κ1) is 14.3. The molecule has 0 heterocycles. The maximum Gasteiger partial charge on any atom is 0.325 e. The van der Waals surface area contributed by atoms with E-state index in [2.05, 4.69) is 4.74 Å². The minimum Gasteiger partial charge on any atom is -0.465 e. The van der Waals surface area contributed by atoms with Crippen LogP contribution in [0.25, 0.3) is 0 Å². The van der Waals surface area contributed by atoms with E-state index in [-0.39, 0.29) is 18.5 Å². The number of esters is 1. The van der Waals surface area contributed by atoms with Gasteiger partial charge >= 0.3 is 5.97 Å². The first-order chi connectivity index (χ1) is 6.07. The highest BCUT2D eigenvalue weighted by atomic mass is 16.5. The van der Waals surface area contributed by atoms with Crippen LogP contribution in [0.2, 0.25) is 0 Å². The van der Waals surface area contributed by atoms with Gasteiger partial charge in [-0.1, -0.05) is 13.8 Å². The summed E-state index contributed by atoms with van der Waals surface area (Å²) in [6.45, 7) is 6.11. The lowest BCUT2D eigenvalue weighted by molar-refractivity contribution is -0.143. The van der Waals surface area contributed by atoms with E-state index in [0.29, 0.717) is 6.61 Å². The number of ether oxygens (including phenoxy) is 1. The highest BCUT2D eigenvalue weighted by Gasteiger charge is 2.06. The zero-order valence-electron chi connectivity index (χ0n) is 8.76. The third kappa shape index (κ3) is 8.65. The molecule has 0 radical (unpaired) electrons. The lowest BCUT2D eigenvalue weighted by Crippen LogP contribution is -2.37. The summed E-state index contributed by atoms with van der Waals surface area (Å²) in [5, 5.41) is 6.92. The third-order valence-electron chi connectivity index (χ3n) is 1.08. The van der Waals surface area contributed by atoms with Gasteiger partial charge in [0.15, 0.2) is 5.96 Å². The molecule has 0 saturated heterocycles. The van der Waals surface area contributed by atoms with Gasteiger partial charge < -0.3 is 15.4 Å². The van der Waals surface area contributed by atoms with Crippen molar-refractivity contribution < 1.29 is 9.53 Å². The van der Waals surface area contributed by atoms with Gasteiger partial charge in [0.2, 0.25) is 0 Å². The maximum absolute atomic E-state index is 10.7. The monoisotopic (exact) mass is 189 g/mol. The standard InChI is InChI=1S/C6H13N3O2.C2H6/c1-3-11-5(10)4-9(2)6(7)8;1-2/h3-4H2,1-2H3,(H3,7,8);1-2H3. The van der Waals surface area contributed by atoms with Crippen LogP contribution in [0.1, 0.15) is 20.8 Å². The molecule has 0 spiro atoms. The Kier molecular flexibility index (Phi) is 9.70. The summed E-state index contributed by atoms with van der Waals surface area (Å²) >= 11 is 0. The van der Waals surface area contributed by atoms with E-state index in [1.54, 1.807) is 14.0 Å². The normalized spacial score (nSPS) is 8.00. The van der Waals surface area contributed by atoms with Crippen molar-refractivity contribution in [2.45, 2.75) is 20.8 Å². The Labute approximate surface area is 79.4 Å². The second-order valence-electron chi connectivity index (χ2n) is 2.05. The molecule has 5 nitrogen and oxygen atoms in total. The average Bonchev–Trinajstić information content (AvgIpc) is 2.08. The number of nitrogens with one attached hydrogen (secondary N) is 1. The summed E-state index contributed by atoms with van der Waals surface area (Å²) in [5.74, 6) is -0.511. The van der Waals surface area contributed by atoms with E-state index in [4.69, 9.17) is 11.1 Å². The molecule has 0 aliphatic heterocycles. The number of carbonyl (C=O) groups is 1. The van der Waals surface area contributed by atoms with E-state index in [1.807, 2.05) is 13.8 Å². The fourth-order valence-electron chi connectivity index (χ4n) is 0.485. The number of carbonyl (C=O) groups excluding carboxylic acids is 1. The lowest BCUT2D eigenvalue weighted by Gasteiger charge is -2.14. The van der Waals surface area contributed by atoms with Crippen molar-refractivity contribution in [1.29, 1.82) is 5.41 Å². The van der Waals surface area contributed by atoms with E-state index in [0.717, 1.165) is 0 Å². The second kappa shape index (κ2) is 8.83. The van der Waals surface area contributed by atoms with Crippen molar-refractivity contribution in [3.63, 3.8) is 0 Å². The number of likely N-dealkylation sites (N-methyl/N-ethyl adjacent to an activating group) is 1. The van der Waals surface area contributed by atoms with Crippen molar-refractivity contribution in [3.05, 3.63) is 0 Å². The van der Waals surface area contributed by atoms with Gasteiger partial charge in [-0.25, -0.2) is 0 Å². The first-order valence-electron chi connectivity index (χ1n) is 4.28. The molecule has 0 aromatic carbocycles. The molecule has 0 saturated carbocycles. The number of nitrogens with two attached hydrogens (primary N) is 1. The quantitative estimate of drug-likeness (QED) is 0.382. The highest BCUT2D eigenvalue weighted by Crippen LogP contribution is 1.83. The molecule has 0 aromatic heterocycles. The fourth-order valence-corrected chi connectivity index (χ4v) is 0.485. The molecule has 0 atom stereocenters. The molecule has 0 aliphatic rings. The van der Waals surface area contributed by atoms with Gasteiger partial charge in [0.05, 0.1) is 6.61 Å². The first-order valence-corrected chi connectivity index (χ1v) is 4.28. The van der Waals surface area contributed by atoms with E-state index >= 15 is 0 Å². The fraction of sp³-hybridized carbons (Fsp3) is 0.750. The van der Waals surface area contributed by atoms with Crippen LogP contribution in [-0.2, 0) is 9.53 Å². The lowest BCUT2D eigenvalue weighted by atomic mass is 10.6. The molecule has 13 heavy (non-hydrogen) atoms. The highest BCUT2D eigenvalue weighted by molar-refractivity contribution is 5.80. The number of nitrogens with zero attached hydrogens (tertiary/aromatic N) is 1. The summed E-state index contributed by atoms with van der Waals surface area (Å²) < 4.78 is 4.63. The summed E-state index contributed by atoms with van der Waals surface area (Å²) in [4.78, 5) is 12.0. The van der Waals surface area contributed by atoms with Crippen LogP contribution in [0.5, 0.6) is 0 Å². The summed E-state index contributed by atoms with van der Waals surface area (Å²) in [5.41, 5.74) is 5.08. The average molecular weight is 189 g/mol. The maximum atomic E-state index is 10.7. The predicted octanol–water partition coefficient (Wildman–Crippen LogP) is 0.401. The van der Waals surface area contributed by atoms with Gasteiger partial charge in [0, 0.05) is 7.05 Å². The van der Waals surface area contributed by atoms with Crippen molar-refractivity contribution >= 4 is 11.9 Å². The Morgan fingerprint density at radius 1 is 1.54 bits per heavy atom. The molecule has 3 N–H and O–H groups in total. The number of rotatable bonds is 3. The molecule has 0 rings (SSSR count). The smallest absolute Gasteiger partial charge is 0.325 e. The van der Waals surface area contributed by atoms with Gasteiger partial charge in [-0.2, -0.15) is 0 Å². The molecular formula is C8H19N3O2. The van der Waals surface area contributed by atoms with Crippen LogP contribution >= 0.6 is 0 Å². The van der Waals surface area contributed by atoms with Crippen LogP contribution in [0, 0.1) is 5.41 Å². The Morgan fingerprint density at radius 2 is 2.00 bits per heavy atom. The number of guanidine groups is 1. The molecule has 0 aliphatic carbocycles. The molecule has 78 valence electrons. The van der Waals surface area contributed by atoms with Crippen LogP contribution in [-0.4, -0.2) is 37.0 Å². The van der Waals surface area contributed by atoms with Gasteiger partial charge in [-0.15, -0.1) is 0 Å². The zero-order chi connectivity index (χ0) is 10.9. The number of hydrogen-bond acceptors (Lipinski definition) is 3. The minimum absolute atomic E-state index is 0.0309. The van der Waals surface area contributed by atoms with E-state index < -0.39 is 0 Å². The Morgan fingerprint density at radius 3 is 2.31 bits per heavy atom. The van der Waals surface area contributed by atoms with Gasteiger partial charge in [-0.05, 0) is 6.92 Å². The molecular weight excluding hydrogens is 170 g/mol. The van der Waals surface area contributed by atoms with Crippen LogP contribution in [0.15, 0.2) is 0 Å². The van der Waals surface area contributed by atoms with Crippen LogP contribution in [0.3, 0.4) is 0 Å². The SMILES string of the molecule is CC.CCOC(=O)CN(C)C(=N)N. The van der Waals surface area contributed by atoms with Gasteiger partial charge in [0.1, 0.15) is 6.54 Å². The second-order valence-corrected chi connectivity index (χ2v) is 2.05. The largest absolute Gasteiger partial charge is 0.465 e. The van der Waals surface area contributed by atoms with Crippen molar-refractivity contribution in [1.82, 2.24) is 4.90 Å².